The van der Waals surface area contributed by atoms with E-state index in [4.69, 9.17) is 25.8 Å². The first-order valence-electron chi connectivity index (χ1n) is 12.5. The Morgan fingerprint density at radius 1 is 0.897 bits per heavy atom. The minimum atomic E-state index is -1.02. The van der Waals surface area contributed by atoms with Gasteiger partial charge in [0.1, 0.15) is 16.6 Å². The number of aromatic nitrogens is 2. The fourth-order valence-corrected chi connectivity index (χ4v) is 5.06. The number of hydrogen-bond acceptors (Lipinski definition) is 7. The minimum Gasteiger partial charge on any atom is -0.493 e. The Hall–Kier alpha value is -4.04. The summed E-state index contributed by atoms with van der Waals surface area (Å²) in [6, 6.07) is 12.6. The van der Waals surface area contributed by atoms with Crippen molar-refractivity contribution >= 4 is 34.1 Å². The summed E-state index contributed by atoms with van der Waals surface area (Å²) < 4.78 is 30.0. The van der Waals surface area contributed by atoms with Crippen molar-refractivity contribution < 1.29 is 28.2 Å². The van der Waals surface area contributed by atoms with Gasteiger partial charge in [-0.05, 0) is 54.3 Å². The predicted molar refractivity (Wildman–Crippen MR) is 144 cm³/mol. The van der Waals surface area contributed by atoms with Crippen LogP contribution < -0.4 is 14.2 Å². The number of ketones is 2. The molecule has 0 bridgehead atoms. The number of Topliss-reactive ketones (excluding diaryl/α,β-unsaturated/α-hetero) is 2. The van der Waals surface area contributed by atoms with Crippen molar-refractivity contribution in [3.8, 4) is 23.1 Å². The fourth-order valence-electron chi connectivity index (χ4n) is 4.83. The van der Waals surface area contributed by atoms with E-state index in [-0.39, 0.29) is 41.1 Å². The molecule has 0 aliphatic heterocycles. The van der Waals surface area contributed by atoms with Gasteiger partial charge < -0.3 is 14.2 Å². The lowest BCUT2D eigenvalue weighted by molar-refractivity contribution is -0.145. The third kappa shape index (κ3) is 5.29. The molecule has 1 aliphatic carbocycles. The number of benzene rings is 2. The van der Waals surface area contributed by atoms with Crippen molar-refractivity contribution in [2.75, 3.05) is 14.2 Å². The molecule has 39 heavy (non-hydrogen) atoms. The van der Waals surface area contributed by atoms with Crippen LogP contribution in [0.1, 0.15) is 30.4 Å². The van der Waals surface area contributed by atoms with E-state index in [9.17, 15) is 14.0 Å². The Balaban J connectivity index is 1.33. The topological polar surface area (TPSA) is 87.6 Å². The summed E-state index contributed by atoms with van der Waals surface area (Å²) in [6.45, 7) is 0. The molecule has 1 fully saturated rings. The Morgan fingerprint density at radius 3 is 2.18 bits per heavy atom. The lowest BCUT2D eigenvalue weighted by Gasteiger charge is -2.39. The number of pyridine rings is 2. The monoisotopic (exact) mass is 548 g/mol. The van der Waals surface area contributed by atoms with Crippen LogP contribution >= 0.6 is 11.6 Å². The van der Waals surface area contributed by atoms with Gasteiger partial charge >= 0.3 is 0 Å². The van der Waals surface area contributed by atoms with Gasteiger partial charge in [-0.15, -0.1) is 0 Å². The van der Waals surface area contributed by atoms with E-state index < -0.39 is 5.41 Å². The highest BCUT2D eigenvalue weighted by molar-refractivity contribution is 6.32. The van der Waals surface area contributed by atoms with Gasteiger partial charge in [0, 0.05) is 36.7 Å². The predicted octanol–water partition coefficient (Wildman–Crippen LogP) is 6.33. The molecule has 1 saturated carbocycles. The van der Waals surface area contributed by atoms with Crippen LogP contribution in [0.4, 0.5) is 4.39 Å². The van der Waals surface area contributed by atoms with Crippen molar-refractivity contribution in [1.29, 1.82) is 0 Å². The number of methoxy groups -OCH3 is 2. The number of carbonyl (C=O) groups excluding carboxylic acids is 2. The standard InChI is InChI=1S/C30H26ClFN2O5/c1-37-25-15-21-23(16-26(25)38-2)33-11-8-24(21)39-29-22(31)12-19(17-34-29)14-28(36)30(9-3-10-30)27(35)13-18-4-6-20(32)7-5-18/h4-8,11-12,15-17H,3,9-10,13-14H2,1-2H3. The van der Waals surface area contributed by atoms with Crippen LogP contribution in [0.25, 0.3) is 10.9 Å². The molecule has 0 spiro atoms. The summed E-state index contributed by atoms with van der Waals surface area (Å²) >= 11 is 6.51. The van der Waals surface area contributed by atoms with E-state index in [2.05, 4.69) is 9.97 Å². The zero-order chi connectivity index (χ0) is 27.6. The molecular weight excluding hydrogens is 523 g/mol. The number of hydrogen-bond donors (Lipinski definition) is 0. The number of ether oxygens (including phenoxy) is 3. The molecule has 2 heterocycles. The zero-order valence-electron chi connectivity index (χ0n) is 21.5. The van der Waals surface area contributed by atoms with Crippen molar-refractivity contribution in [1.82, 2.24) is 9.97 Å². The van der Waals surface area contributed by atoms with E-state index in [1.165, 1.54) is 18.3 Å². The van der Waals surface area contributed by atoms with Gasteiger partial charge in [0.15, 0.2) is 23.1 Å². The highest BCUT2D eigenvalue weighted by atomic mass is 35.5. The maximum atomic E-state index is 13.3. The molecule has 0 saturated heterocycles. The first kappa shape index (κ1) is 26.6. The number of halogens is 2. The third-order valence-corrected chi connectivity index (χ3v) is 7.47. The third-order valence-electron chi connectivity index (χ3n) is 7.19. The van der Waals surface area contributed by atoms with E-state index >= 15 is 0 Å². The summed E-state index contributed by atoms with van der Waals surface area (Å²) in [5.74, 6) is 1.04. The summed E-state index contributed by atoms with van der Waals surface area (Å²) in [7, 11) is 3.09. The van der Waals surface area contributed by atoms with E-state index in [1.54, 1.807) is 56.8 Å². The summed E-state index contributed by atoms with van der Waals surface area (Å²) in [5.41, 5.74) is 0.890. The molecule has 0 amide bonds. The molecule has 7 nitrogen and oxygen atoms in total. The highest BCUT2D eigenvalue weighted by Gasteiger charge is 2.49. The van der Waals surface area contributed by atoms with Crippen LogP contribution in [-0.2, 0) is 22.4 Å². The van der Waals surface area contributed by atoms with E-state index in [0.29, 0.717) is 52.1 Å². The molecule has 9 heteroatoms. The number of carbonyl (C=O) groups is 2. The molecule has 2 aromatic heterocycles. The molecule has 0 N–H and O–H groups in total. The number of fused-ring (bicyclic) bond motifs is 1. The van der Waals surface area contributed by atoms with E-state index in [1.807, 2.05) is 0 Å². The van der Waals surface area contributed by atoms with Gasteiger partial charge in [-0.2, -0.15) is 0 Å². The number of nitrogens with zero attached hydrogens (tertiary/aromatic N) is 2. The van der Waals surface area contributed by atoms with Crippen LogP contribution in [-0.4, -0.2) is 35.8 Å². The van der Waals surface area contributed by atoms with Gasteiger partial charge in [-0.25, -0.2) is 9.37 Å². The normalized spacial score (nSPS) is 13.9. The molecule has 200 valence electrons. The van der Waals surface area contributed by atoms with Gasteiger partial charge in [-0.1, -0.05) is 30.2 Å². The molecule has 1 aliphatic rings. The van der Waals surface area contributed by atoms with Crippen LogP contribution in [0.2, 0.25) is 5.02 Å². The largest absolute Gasteiger partial charge is 0.493 e. The Kier molecular flexibility index (Phi) is 7.48. The SMILES string of the molecule is COc1cc2nccc(Oc3ncc(CC(=O)C4(C(=O)Cc5ccc(F)cc5)CCC4)cc3Cl)c2cc1OC. The first-order chi connectivity index (χ1) is 18.8. The van der Waals surface area contributed by atoms with Crippen LogP contribution in [0.5, 0.6) is 23.1 Å². The average Bonchev–Trinajstić information content (AvgIpc) is 2.90. The van der Waals surface area contributed by atoms with Gasteiger partial charge in [-0.3, -0.25) is 14.6 Å². The lowest BCUT2D eigenvalue weighted by Crippen LogP contribution is -2.46. The fraction of sp³-hybridized carbons (Fsp3) is 0.267. The highest BCUT2D eigenvalue weighted by Crippen LogP contribution is 2.44. The summed E-state index contributed by atoms with van der Waals surface area (Å²) in [4.78, 5) is 35.2. The maximum Gasteiger partial charge on any atom is 0.238 e. The van der Waals surface area contributed by atoms with Crippen LogP contribution in [0.3, 0.4) is 0 Å². The molecule has 2 aromatic carbocycles. The van der Waals surface area contributed by atoms with Gasteiger partial charge in [0.05, 0.1) is 25.2 Å². The van der Waals surface area contributed by atoms with Gasteiger partial charge in [0.25, 0.3) is 0 Å². The second-order valence-electron chi connectivity index (χ2n) is 9.53. The zero-order valence-corrected chi connectivity index (χ0v) is 22.3. The second-order valence-corrected chi connectivity index (χ2v) is 9.94. The molecule has 4 aromatic rings. The van der Waals surface area contributed by atoms with Crippen LogP contribution in [0, 0.1) is 11.2 Å². The van der Waals surface area contributed by atoms with Gasteiger partial charge in [0.2, 0.25) is 5.88 Å². The second kappa shape index (κ2) is 11.0. The number of rotatable bonds is 10. The lowest BCUT2D eigenvalue weighted by atomic mass is 9.61. The van der Waals surface area contributed by atoms with Crippen molar-refractivity contribution in [2.24, 2.45) is 5.41 Å². The maximum absolute atomic E-state index is 13.3. The average molecular weight is 549 g/mol. The Labute approximate surface area is 229 Å². The summed E-state index contributed by atoms with van der Waals surface area (Å²) in [6.07, 6.45) is 5.08. The first-order valence-corrected chi connectivity index (χ1v) is 12.8. The van der Waals surface area contributed by atoms with Crippen molar-refractivity contribution in [3.63, 3.8) is 0 Å². The smallest absolute Gasteiger partial charge is 0.238 e. The van der Waals surface area contributed by atoms with E-state index in [0.717, 1.165) is 6.42 Å². The quantitative estimate of drug-likeness (QED) is 0.214. The Bertz CT molecular complexity index is 1550. The minimum absolute atomic E-state index is 0.0251. The van der Waals surface area contributed by atoms with Crippen LogP contribution in [0.15, 0.2) is 60.9 Å². The molecule has 0 unspecified atom stereocenters. The molecule has 5 rings (SSSR count). The molecule has 0 radical (unpaired) electrons. The Morgan fingerprint density at radius 2 is 1.56 bits per heavy atom. The summed E-state index contributed by atoms with van der Waals surface area (Å²) in [5, 5.41) is 0.907. The molecular formula is C30H26ClFN2O5. The molecule has 0 atom stereocenters. The van der Waals surface area contributed by atoms with Crippen molar-refractivity contribution in [2.45, 2.75) is 32.1 Å². The van der Waals surface area contributed by atoms with Crippen molar-refractivity contribution in [3.05, 3.63) is 82.9 Å².